The summed E-state index contributed by atoms with van der Waals surface area (Å²) >= 11 is 3.39. The van der Waals surface area contributed by atoms with Crippen LogP contribution in [0.25, 0.3) is 6.08 Å². The van der Waals surface area contributed by atoms with E-state index in [0.717, 1.165) is 4.90 Å². The molecule has 4 rings (SSSR count). The third-order valence-electron chi connectivity index (χ3n) is 5.23. The van der Waals surface area contributed by atoms with E-state index in [-0.39, 0.29) is 30.3 Å². The maximum atomic E-state index is 13.1. The minimum Gasteiger partial charge on any atom is -0.490 e. The molecule has 0 bridgehead atoms. The number of rotatable bonds is 8. The van der Waals surface area contributed by atoms with E-state index in [2.05, 4.69) is 26.6 Å². The predicted octanol–water partition coefficient (Wildman–Crippen LogP) is 4.67. The zero-order valence-corrected chi connectivity index (χ0v) is 21.6. The van der Waals surface area contributed by atoms with Crippen LogP contribution in [0.15, 0.2) is 76.8 Å². The number of ether oxygens (including phenoxy) is 2. The summed E-state index contributed by atoms with van der Waals surface area (Å²) in [6.45, 7) is 1.65. The van der Waals surface area contributed by atoms with Crippen molar-refractivity contribution in [2.24, 2.45) is 0 Å². The molecule has 3 aromatic carbocycles. The SMILES string of the molecule is CCOc1cc(/C=C2/C(=O)NC(=O)N(c3ccccc3)C2=O)cc(Br)c1OCC(=O)Nc1ccc(F)cc1. The second-order valence-electron chi connectivity index (χ2n) is 7.90. The largest absolute Gasteiger partial charge is 0.490 e. The lowest BCUT2D eigenvalue weighted by molar-refractivity contribution is -0.122. The molecule has 0 aliphatic carbocycles. The minimum absolute atomic E-state index is 0.226. The standard InChI is InChI=1S/C27H21BrFN3O6/c1-2-37-22-14-16(12-20-25(34)31-27(36)32(26(20)35)19-6-4-3-5-7-19)13-21(28)24(22)38-15-23(33)30-18-10-8-17(29)9-11-18/h3-14H,2,15H2,1H3,(H,30,33)(H,31,34,36)/b20-12-. The first-order valence-electron chi connectivity index (χ1n) is 11.4. The number of nitrogens with one attached hydrogen (secondary N) is 2. The number of amides is 5. The van der Waals surface area contributed by atoms with Crippen LogP contribution in [0, 0.1) is 5.82 Å². The molecule has 38 heavy (non-hydrogen) atoms. The lowest BCUT2D eigenvalue weighted by atomic mass is 10.1. The molecule has 0 saturated carbocycles. The van der Waals surface area contributed by atoms with Crippen LogP contribution < -0.4 is 25.0 Å². The van der Waals surface area contributed by atoms with Crippen molar-refractivity contribution in [1.29, 1.82) is 0 Å². The van der Waals surface area contributed by atoms with Crippen LogP contribution in [0.5, 0.6) is 11.5 Å². The molecule has 1 fully saturated rings. The van der Waals surface area contributed by atoms with Gasteiger partial charge in [-0.15, -0.1) is 0 Å². The molecule has 194 valence electrons. The molecule has 1 aliphatic heterocycles. The average Bonchev–Trinajstić information content (AvgIpc) is 2.88. The summed E-state index contributed by atoms with van der Waals surface area (Å²) in [4.78, 5) is 51.2. The first kappa shape index (κ1) is 26.6. The summed E-state index contributed by atoms with van der Waals surface area (Å²) in [6, 6.07) is 15.8. The Morgan fingerprint density at radius 1 is 1.05 bits per heavy atom. The van der Waals surface area contributed by atoms with Crippen LogP contribution in [-0.2, 0) is 14.4 Å². The Morgan fingerprint density at radius 3 is 2.45 bits per heavy atom. The van der Waals surface area contributed by atoms with Crippen molar-refractivity contribution >= 4 is 57.1 Å². The maximum absolute atomic E-state index is 13.1. The summed E-state index contributed by atoms with van der Waals surface area (Å²) in [7, 11) is 0. The van der Waals surface area contributed by atoms with E-state index in [1.807, 2.05) is 0 Å². The minimum atomic E-state index is -0.845. The summed E-state index contributed by atoms with van der Waals surface area (Å²) in [5.41, 5.74) is 0.871. The Labute approximate surface area is 225 Å². The number of urea groups is 1. The number of hydrogen-bond acceptors (Lipinski definition) is 6. The Bertz CT molecular complexity index is 1430. The molecule has 9 nitrogen and oxygen atoms in total. The number of carbonyl (C=O) groups is 4. The van der Waals surface area contributed by atoms with E-state index in [1.165, 1.54) is 36.4 Å². The number of carbonyl (C=O) groups excluding carboxylic acids is 4. The fourth-order valence-electron chi connectivity index (χ4n) is 3.58. The molecule has 1 heterocycles. The number of halogens is 2. The van der Waals surface area contributed by atoms with Gasteiger partial charge in [0.25, 0.3) is 17.7 Å². The highest BCUT2D eigenvalue weighted by Gasteiger charge is 2.36. The van der Waals surface area contributed by atoms with Crippen LogP contribution >= 0.6 is 15.9 Å². The van der Waals surface area contributed by atoms with Crippen molar-refractivity contribution < 1.29 is 33.0 Å². The van der Waals surface area contributed by atoms with E-state index in [0.29, 0.717) is 21.4 Å². The quantitative estimate of drug-likeness (QED) is 0.295. The first-order valence-corrected chi connectivity index (χ1v) is 12.2. The van der Waals surface area contributed by atoms with Crippen LogP contribution in [0.2, 0.25) is 0 Å². The van der Waals surface area contributed by atoms with Crippen molar-refractivity contribution in [2.45, 2.75) is 6.92 Å². The van der Waals surface area contributed by atoms with Gasteiger partial charge in [0.15, 0.2) is 18.1 Å². The smallest absolute Gasteiger partial charge is 0.335 e. The fourth-order valence-corrected chi connectivity index (χ4v) is 4.15. The van der Waals surface area contributed by atoms with Crippen LogP contribution in [0.3, 0.4) is 0 Å². The van der Waals surface area contributed by atoms with E-state index in [4.69, 9.17) is 9.47 Å². The van der Waals surface area contributed by atoms with Gasteiger partial charge in [-0.2, -0.15) is 0 Å². The summed E-state index contributed by atoms with van der Waals surface area (Å²) in [5.74, 6) is -2.04. The van der Waals surface area contributed by atoms with E-state index < -0.39 is 29.6 Å². The van der Waals surface area contributed by atoms with Gasteiger partial charge >= 0.3 is 6.03 Å². The lowest BCUT2D eigenvalue weighted by Crippen LogP contribution is -2.54. The third-order valence-corrected chi connectivity index (χ3v) is 5.82. The van der Waals surface area contributed by atoms with Gasteiger partial charge in [-0.25, -0.2) is 14.1 Å². The highest BCUT2D eigenvalue weighted by molar-refractivity contribution is 9.10. The van der Waals surface area contributed by atoms with E-state index >= 15 is 0 Å². The lowest BCUT2D eigenvalue weighted by Gasteiger charge is -2.26. The van der Waals surface area contributed by atoms with E-state index in [9.17, 15) is 23.6 Å². The van der Waals surface area contributed by atoms with Crippen LogP contribution in [0.4, 0.5) is 20.6 Å². The molecule has 0 spiro atoms. The number of para-hydroxylation sites is 1. The molecule has 5 amide bonds. The Hall–Kier alpha value is -4.51. The molecule has 1 saturated heterocycles. The van der Waals surface area contributed by atoms with Crippen molar-refractivity contribution in [2.75, 3.05) is 23.4 Å². The molecule has 0 unspecified atom stereocenters. The Balaban J connectivity index is 1.57. The van der Waals surface area contributed by atoms with Gasteiger partial charge in [-0.3, -0.25) is 19.7 Å². The van der Waals surface area contributed by atoms with Gasteiger partial charge in [0.1, 0.15) is 11.4 Å². The molecule has 1 aliphatic rings. The van der Waals surface area contributed by atoms with Crippen molar-refractivity contribution in [3.8, 4) is 11.5 Å². The van der Waals surface area contributed by atoms with Crippen LogP contribution in [0.1, 0.15) is 12.5 Å². The highest BCUT2D eigenvalue weighted by atomic mass is 79.9. The zero-order valence-electron chi connectivity index (χ0n) is 20.0. The fraction of sp³-hybridized carbons (Fsp3) is 0.111. The van der Waals surface area contributed by atoms with Gasteiger partial charge in [0.2, 0.25) is 0 Å². The summed E-state index contributed by atoms with van der Waals surface area (Å²) < 4.78 is 24.8. The number of hydrogen-bond donors (Lipinski definition) is 2. The Kier molecular flexibility index (Phi) is 8.17. The number of anilines is 2. The van der Waals surface area contributed by atoms with E-state index in [1.54, 1.807) is 43.3 Å². The molecular weight excluding hydrogens is 561 g/mol. The number of benzene rings is 3. The number of imide groups is 2. The maximum Gasteiger partial charge on any atom is 0.335 e. The predicted molar refractivity (Wildman–Crippen MR) is 141 cm³/mol. The van der Waals surface area contributed by atoms with Gasteiger partial charge in [0.05, 0.1) is 16.8 Å². The van der Waals surface area contributed by atoms with Crippen molar-refractivity contribution in [3.63, 3.8) is 0 Å². The van der Waals surface area contributed by atoms with Gasteiger partial charge in [0, 0.05) is 5.69 Å². The van der Waals surface area contributed by atoms with Crippen molar-refractivity contribution in [3.05, 3.63) is 88.2 Å². The molecule has 3 aromatic rings. The first-order chi connectivity index (χ1) is 18.3. The molecular formula is C27H21BrFN3O6. The Morgan fingerprint density at radius 2 is 1.76 bits per heavy atom. The van der Waals surface area contributed by atoms with Gasteiger partial charge in [-0.1, -0.05) is 18.2 Å². The second-order valence-corrected chi connectivity index (χ2v) is 8.75. The molecule has 0 atom stereocenters. The number of barbiturate groups is 1. The number of nitrogens with zero attached hydrogens (tertiary/aromatic N) is 1. The topological polar surface area (TPSA) is 114 Å². The summed E-state index contributed by atoms with van der Waals surface area (Å²) in [5, 5.41) is 4.77. The molecule has 2 N–H and O–H groups in total. The molecule has 0 aromatic heterocycles. The zero-order chi connectivity index (χ0) is 27.2. The van der Waals surface area contributed by atoms with Crippen LogP contribution in [-0.4, -0.2) is 37.0 Å². The normalized spacial score (nSPS) is 14.3. The van der Waals surface area contributed by atoms with Crippen molar-refractivity contribution in [1.82, 2.24) is 5.32 Å². The third kappa shape index (κ3) is 6.06. The second kappa shape index (κ2) is 11.7. The molecule has 11 heteroatoms. The average molecular weight is 582 g/mol. The summed E-state index contributed by atoms with van der Waals surface area (Å²) in [6.07, 6.45) is 1.33. The molecule has 0 radical (unpaired) electrons. The van der Waals surface area contributed by atoms with Gasteiger partial charge in [-0.05, 0) is 83.0 Å². The monoisotopic (exact) mass is 581 g/mol. The highest BCUT2D eigenvalue weighted by Crippen LogP contribution is 2.38. The van der Waals surface area contributed by atoms with Gasteiger partial charge < -0.3 is 14.8 Å².